The van der Waals surface area contributed by atoms with Gasteiger partial charge in [0.15, 0.2) is 5.60 Å². The SMILES string of the molecule is CCCCCC#CC1(O)CCCCC1O. The summed E-state index contributed by atoms with van der Waals surface area (Å²) < 4.78 is 0. The van der Waals surface area contributed by atoms with Crippen LogP contribution in [0.4, 0.5) is 0 Å². The van der Waals surface area contributed by atoms with Gasteiger partial charge in [0.05, 0.1) is 6.10 Å². The quantitative estimate of drug-likeness (QED) is 0.554. The van der Waals surface area contributed by atoms with E-state index in [2.05, 4.69) is 18.8 Å². The van der Waals surface area contributed by atoms with Crippen LogP contribution in [-0.4, -0.2) is 21.9 Å². The average Bonchev–Trinajstić information content (AvgIpc) is 2.23. The molecule has 0 radical (unpaired) electrons. The number of unbranched alkanes of at least 4 members (excludes halogenated alkanes) is 3. The molecule has 0 aliphatic heterocycles. The second kappa shape index (κ2) is 6.15. The number of rotatable bonds is 3. The molecule has 0 aromatic rings. The summed E-state index contributed by atoms with van der Waals surface area (Å²) in [6.45, 7) is 2.16. The van der Waals surface area contributed by atoms with Crippen molar-refractivity contribution in [3.8, 4) is 11.8 Å². The Morgan fingerprint density at radius 1 is 1.33 bits per heavy atom. The van der Waals surface area contributed by atoms with Crippen LogP contribution in [-0.2, 0) is 0 Å². The Morgan fingerprint density at radius 2 is 2.13 bits per heavy atom. The third kappa shape index (κ3) is 3.85. The molecule has 0 aromatic heterocycles. The molecule has 0 heterocycles. The van der Waals surface area contributed by atoms with Crippen LogP contribution in [0.25, 0.3) is 0 Å². The van der Waals surface area contributed by atoms with Gasteiger partial charge in [-0.15, -0.1) is 5.92 Å². The summed E-state index contributed by atoms with van der Waals surface area (Å²) in [5.74, 6) is 5.86. The van der Waals surface area contributed by atoms with E-state index in [0.717, 1.165) is 25.7 Å². The molecular weight excluding hydrogens is 188 g/mol. The van der Waals surface area contributed by atoms with Crippen LogP contribution in [0.1, 0.15) is 58.3 Å². The predicted octanol–water partition coefficient (Wildman–Crippen LogP) is 2.24. The molecule has 0 aromatic carbocycles. The van der Waals surface area contributed by atoms with Gasteiger partial charge in [-0.05, 0) is 25.7 Å². The number of hydrogen-bond acceptors (Lipinski definition) is 2. The smallest absolute Gasteiger partial charge is 0.151 e. The molecule has 1 fully saturated rings. The Balaban J connectivity index is 2.39. The molecule has 1 rings (SSSR count). The second-order valence-electron chi connectivity index (χ2n) is 4.44. The summed E-state index contributed by atoms with van der Waals surface area (Å²) in [6.07, 6.45) is 6.93. The van der Waals surface area contributed by atoms with E-state index in [9.17, 15) is 10.2 Å². The maximum atomic E-state index is 10.1. The maximum absolute atomic E-state index is 10.1. The minimum Gasteiger partial charge on any atom is -0.389 e. The zero-order valence-electron chi connectivity index (χ0n) is 9.63. The molecule has 2 nitrogen and oxygen atoms in total. The van der Waals surface area contributed by atoms with Gasteiger partial charge < -0.3 is 10.2 Å². The third-order valence-electron chi connectivity index (χ3n) is 3.05. The van der Waals surface area contributed by atoms with E-state index < -0.39 is 11.7 Å². The highest BCUT2D eigenvalue weighted by atomic mass is 16.3. The van der Waals surface area contributed by atoms with Crippen LogP contribution in [0.3, 0.4) is 0 Å². The van der Waals surface area contributed by atoms with Crippen LogP contribution in [0.15, 0.2) is 0 Å². The van der Waals surface area contributed by atoms with Crippen molar-refractivity contribution in [2.75, 3.05) is 0 Å². The van der Waals surface area contributed by atoms with E-state index in [1.54, 1.807) is 0 Å². The first-order valence-electron chi connectivity index (χ1n) is 6.09. The molecule has 0 spiro atoms. The minimum atomic E-state index is -1.12. The van der Waals surface area contributed by atoms with Gasteiger partial charge >= 0.3 is 0 Å². The van der Waals surface area contributed by atoms with E-state index >= 15 is 0 Å². The molecule has 1 aliphatic rings. The van der Waals surface area contributed by atoms with E-state index in [1.807, 2.05) is 0 Å². The number of aliphatic hydroxyl groups is 2. The number of hydrogen-bond donors (Lipinski definition) is 2. The number of aliphatic hydroxyl groups excluding tert-OH is 1. The second-order valence-corrected chi connectivity index (χ2v) is 4.44. The van der Waals surface area contributed by atoms with E-state index in [4.69, 9.17) is 0 Å². The van der Waals surface area contributed by atoms with Crippen molar-refractivity contribution in [2.45, 2.75) is 70.0 Å². The fourth-order valence-corrected chi connectivity index (χ4v) is 1.96. The van der Waals surface area contributed by atoms with Gasteiger partial charge in [-0.25, -0.2) is 0 Å². The van der Waals surface area contributed by atoms with Gasteiger partial charge in [0.25, 0.3) is 0 Å². The highest BCUT2D eigenvalue weighted by Crippen LogP contribution is 2.27. The summed E-state index contributed by atoms with van der Waals surface area (Å²) in [4.78, 5) is 0. The molecule has 2 N–H and O–H groups in total. The van der Waals surface area contributed by atoms with Crippen molar-refractivity contribution in [3.63, 3.8) is 0 Å². The summed E-state index contributed by atoms with van der Waals surface area (Å²) in [5, 5.41) is 19.8. The maximum Gasteiger partial charge on any atom is 0.151 e. The van der Waals surface area contributed by atoms with E-state index in [1.165, 1.54) is 12.8 Å². The van der Waals surface area contributed by atoms with Crippen LogP contribution in [0, 0.1) is 11.8 Å². The normalized spacial score (nSPS) is 30.7. The Bertz CT molecular complexity index is 239. The van der Waals surface area contributed by atoms with Gasteiger partial charge in [-0.3, -0.25) is 0 Å². The molecule has 0 amide bonds. The predicted molar refractivity (Wildman–Crippen MR) is 61.3 cm³/mol. The van der Waals surface area contributed by atoms with Crippen molar-refractivity contribution in [3.05, 3.63) is 0 Å². The van der Waals surface area contributed by atoms with Crippen molar-refractivity contribution < 1.29 is 10.2 Å². The zero-order valence-corrected chi connectivity index (χ0v) is 9.63. The largest absolute Gasteiger partial charge is 0.389 e. The molecule has 1 saturated carbocycles. The lowest BCUT2D eigenvalue weighted by atomic mass is 9.82. The van der Waals surface area contributed by atoms with Crippen LogP contribution in [0.2, 0.25) is 0 Å². The molecule has 2 unspecified atom stereocenters. The standard InChI is InChI=1S/C13H22O2/c1-2-3-4-5-7-10-13(15)11-8-6-9-12(13)14/h12,14-15H,2-6,8-9,11H2,1H3. The third-order valence-corrected chi connectivity index (χ3v) is 3.05. The first-order valence-corrected chi connectivity index (χ1v) is 6.09. The summed E-state index contributed by atoms with van der Waals surface area (Å²) in [6, 6.07) is 0. The molecule has 0 bridgehead atoms. The molecule has 15 heavy (non-hydrogen) atoms. The van der Waals surface area contributed by atoms with Gasteiger partial charge in [0.2, 0.25) is 0 Å². The minimum absolute atomic E-state index is 0.620. The monoisotopic (exact) mass is 210 g/mol. The average molecular weight is 210 g/mol. The lowest BCUT2D eigenvalue weighted by molar-refractivity contribution is -0.0585. The molecular formula is C13H22O2. The first-order chi connectivity index (χ1) is 7.19. The van der Waals surface area contributed by atoms with E-state index in [-0.39, 0.29) is 0 Å². The van der Waals surface area contributed by atoms with Crippen LogP contribution >= 0.6 is 0 Å². The summed E-state index contributed by atoms with van der Waals surface area (Å²) in [7, 11) is 0. The lowest BCUT2D eigenvalue weighted by Crippen LogP contribution is -2.43. The molecule has 1 aliphatic carbocycles. The van der Waals surface area contributed by atoms with E-state index in [0.29, 0.717) is 12.8 Å². The zero-order chi connectivity index (χ0) is 11.1. The highest BCUT2D eigenvalue weighted by Gasteiger charge is 2.35. The fourth-order valence-electron chi connectivity index (χ4n) is 1.96. The van der Waals surface area contributed by atoms with Crippen LogP contribution < -0.4 is 0 Å². The van der Waals surface area contributed by atoms with Gasteiger partial charge in [0, 0.05) is 6.42 Å². The van der Waals surface area contributed by atoms with Gasteiger partial charge in [-0.1, -0.05) is 32.1 Å². The Labute approximate surface area is 92.7 Å². The molecule has 0 saturated heterocycles. The van der Waals surface area contributed by atoms with Crippen LogP contribution in [0.5, 0.6) is 0 Å². The molecule has 86 valence electrons. The summed E-state index contributed by atoms with van der Waals surface area (Å²) in [5.41, 5.74) is -1.12. The fraction of sp³-hybridized carbons (Fsp3) is 0.846. The van der Waals surface area contributed by atoms with Crippen molar-refractivity contribution >= 4 is 0 Å². The Morgan fingerprint density at radius 3 is 2.80 bits per heavy atom. The molecule has 2 atom stereocenters. The first kappa shape index (κ1) is 12.5. The van der Waals surface area contributed by atoms with Gasteiger partial charge in [-0.2, -0.15) is 0 Å². The summed E-state index contributed by atoms with van der Waals surface area (Å²) >= 11 is 0. The Kier molecular flexibility index (Phi) is 5.14. The van der Waals surface area contributed by atoms with Crippen molar-refractivity contribution in [1.82, 2.24) is 0 Å². The topological polar surface area (TPSA) is 40.5 Å². The Hall–Kier alpha value is -0.520. The highest BCUT2D eigenvalue weighted by molar-refractivity contribution is 5.17. The van der Waals surface area contributed by atoms with Gasteiger partial charge in [0.1, 0.15) is 0 Å². The van der Waals surface area contributed by atoms with Crippen molar-refractivity contribution in [2.24, 2.45) is 0 Å². The molecule has 2 heteroatoms. The van der Waals surface area contributed by atoms with Crippen molar-refractivity contribution in [1.29, 1.82) is 0 Å². The lowest BCUT2D eigenvalue weighted by Gasteiger charge is -2.32.